The number of aliphatic hydroxyl groups is 1. The smallest absolute Gasteiger partial charge is 0.293 e. The van der Waals surface area contributed by atoms with Gasteiger partial charge in [0.1, 0.15) is 11.6 Å². The number of amides is 1. The lowest BCUT2D eigenvalue weighted by molar-refractivity contribution is 0.0774. The number of benzene rings is 1. The van der Waals surface area contributed by atoms with Crippen molar-refractivity contribution in [3.63, 3.8) is 0 Å². The van der Waals surface area contributed by atoms with Crippen molar-refractivity contribution in [2.45, 2.75) is 25.1 Å². The van der Waals surface area contributed by atoms with Crippen LogP contribution in [0, 0.1) is 5.82 Å². The van der Waals surface area contributed by atoms with Gasteiger partial charge in [0.25, 0.3) is 11.5 Å². The van der Waals surface area contributed by atoms with Crippen molar-refractivity contribution in [2.75, 3.05) is 13.6 Å². The Bertz CT molecular complexity index is 868. The van der Waals surface area contributed by atoms with E-state index in [9.17, 15) is 24.2 Å². The van der Waals surface area contributed by atoms with E-state index in [0.717, 1.165) is 0 Å². The molecule has 138 valence electrons. The lowest BCUT2D eigenvalue weighted by Crippen LogP contribution is -2.30. The number of H-pyrrole nitrogens is 1. The summed E-state index contributed by atoms with van der Waals surface area (Å²) in [5.74, 6) is -1.60. The number of halogens is 1. The van der Waals surface area contributed by atoms with Crippen LogP contribution in [0.5, 0.6) is 5.75 Å². The molecule has 1 fully saturated rings. The average Bonchev–Trinajstić information content (AvgIpc) is 3.05. The maximum absolute atomic E-state index is 13.0. The van der Waals surface area contributed by atoms with E-state index in [4.69, 9.17) is 0 Å². The second-order valence-corrected chi connectivity index (χ2v) is 6.29. The number of aliphatic hydroxyl groups excluding tert-OH is 1. The fourth-order valence-electron chi connectivity index (χ4n) is 2.84. The van der Waals surface area contributed by atoms with Gasteiger partial charge in [-0.15, -0.1) is 0 Å². The summed E-state index contributed by atoms with van der Waals surface area (Å²) >= 11 is 0. The van der Waals surface area contributed by atoms with Crippen LogP contribution in [0.15, 0.2) is 29.1 Å². The molecule has 0 saturated carbocycles. The lowest BCUT2D eigenvalue weighted by Gasteiger charge is -2.18. The molecule has 4 N–H and O–H groups in total. The van der Waals surface area contributed by atoms with Gasteiger partial charge in [-0.1, -0.05) is 12.1 Å². The van der Waals surface area contributed by atoms with E-state index in [1.165, 1.54) is 24.1 Å². The van der Waals surface area contributed by atoms with Crippen LogP contribution in [-0.4, -0.2) is 50.7 Å². The minimum Gasteiger partial charge on any atom is -0.501 e. The van der Waals surface area contributed by atoms with Gasteiger partial charge in [0.2, 0.25) is 5.75 Å². The number of nitrogens with one attached hydrogen (secondary N) is 2. The molecule has 8 nitrogen and oxygen atoms in total. The van der Waals surface area contributed by atoms with Crippen molar-refractivity contribution >= 4 is 5.91 Å². The van der Waals surface area contributed by atoms with E-state index in [-0.39, 0.29) is 23.9 Å². The molecule has 0 unspecified atom stereocenters. The van der Waals surface area contributed by atoms with Crippen LogP contribution in [-0.2, 0) is 6.54 Å². The summed E-state index contributed by atoms with van der Waals surface area (Å²) in [4.78, 5) is 32.4. The van der Waals surface area contributed by atoms with Crippen LogP contribution in [0.25, 0.3) is 0 Å². The van der Waals surface area contributed by atoms with Crippen molar-refractivity contribution in [2.24, 2.45) is 0 Å². The molecule has 0 aliphatic carbocycles. The fourth-order valence-corrected chi connectivity index (χ4v) is 2.84. The number of hydrogen-bond acceptors (Lipinski definition) is 6. The normalized spacial score (nSPS) is 19.5. The summed E-state index contributed by atoms with van der Waals surface area (Å²) in [5, 5.41) is 22.6. The Hall–Kier alpha value is -2.78. The quantitative estimate of drug-likeness (QED) is 0.621. The van der Waals surface area contributed by atoms with Crippen molar-refractivity contribution < 1.29 is 19.4 Å². The van der Waals surface area contributed by atoms with E-state index >= 15 is 0 Å². The molecule has 1 aliphatic heterocycles. The minimum atomic E-state index is -0.822. The fraction of sp³-hybridized carbons (Fsp3) is 0.353. The second kappa shape index (κ2) is 7.22. The van der Waals surface area contributed by atoms with Gasteiger partial charge in [-0.25, -0.2) is 9.37 Å². The van der Waals surface area contributed by atoms with Crippen LogP contribution in [0.2, 0.25) is 0 Å². The summed E-state index contributed by atoms with van der Waals surface area (Å²) in [6, 6.07) is 5.24. The highest BCUT2D eigenvalue weighted by atomic mass is 19.1. The zero-order valence-electron chi connectivity index (χ0n) is 14.1. The highest BCUT2D eigenvalue weighted by molar-refractivity contribution is 5.94. The molecule has 1 amide bonds. The first-order chi connectivity index (χ1) is 12.3. The van der Waals surface area contributed by atoms with Gasteiger partial charge in [-0.2, -0.15) is 0 Å². The summed E-state index contributed by atoms with van der Waals surface area (Å²) in [5.41, 5.74) is -0.499. The van der Waals surface area contributed by atoms with Crippen LogP contribution in [0.3, 0.4) is 0 Å². The number of carbonyl (C=O) groups excluding carboxylic acids is 1. The lowest BCUT2D eigenvalue weighted by atomic mass is 10.2. The second-order valence-electron chi connectivity index (χ2n) is 6.29. The standard InChI is InChI=1S/C17H19FN4O4/c1-22(8-9-2-4-10(18)5-3-9)17(26)13-14(24)16(25)21-15(20-13)12-6-11(23)7-19-12/h2-5,11-12,19,23-24H,6-8H2,1H3,(H,20,21,25)/t11-,12+/m1/s1. The summed E-state index contributed by atoms with van der Waals surface area (Å²) in [7, 11) is 1.49. The Labute approximate surface area is 148 Å². The number of rotatable bonds is 4. The van der Waals surface area contributed by atoms with E-state index < -0.39 is 29.4 Å². The highest BCUT2D eigenvalue weighted by Gasteiger charge is 2.28. The van der Waals surface area contributed by atoms with Crippen molar-refractivity contribution in [1.82, 2.24) is 20.2 Å². The molecule has 2 aromatic rings. The first kappa shape index (κ1) is 18.0. The van der Waals surface area contributed by atoms with Crippen molar-refractivity contribution in [3.8, 4) is 5.75 Å². The van der Waals surface area contributed by atoms with E-state index in [2.05, 4.69) is 15.3 Å². The van der Waals surface area contributed by atoms with Gasteiger partial charge in [-0.05, 0) is 24.1 Å². The molecule has 2 heterocycles. The van der Waals surface area contributed by atoms with Crippen molar-refractivity contribution in [1.29, 1.82) is 0 Å². The number of β-amino-alcohol motifs (C(OH)–C–C–N with tert-alkyl or cyclic N) is 1. The van der Waals surface area contributed by atoms with Crippen molar-refractivity contribution in [3.05, 3.63) is 57.5 Å². The summed E-state index contributed by atoms with van der Waals surface area (Å²) in [6.45, 7) is 0.506. The predicted molar refractivity (Wildman–Crippen MR) is 90.1 cm³/mol. The molecule has 1 aliphatic rings. The molecular formula is C17H19FN4O4. The molecule has 2 atom stereocenters. The number of nitrogens with zero attached hydrogens (tertiary/aromatic N) is 2. The third-order valence-corrected chi connectivity index (χ3v) is 4.23. The minimum absolute atomic E-state index is 0.156. The molecule has 1 aromatic heterocycles. The predicted octanol–water partition coefficient (Wildman–Crippen LogP) is 0.282. The highest BCUT2D eigenvalue weighted by Crippen LogP contribution is 2.22. The molecule has 9 heteroatoms. The van der Waals surface area contributed by atoms with Gasteiger partial charge in [0, 0.05) is 20.1 Å². The topological polar surface area (TPSA) is 119 Å². The molecule has 0 radical (unpaired) electrons. The van der Waals surface area contributed by atoms with Crippen LogP contribution in [0.1, 0.15) is 34.3 Å². The van der Waals surface area contributed by atoms with Gasteiger partial charge < -0.3 is 25.4 Å². The number of carbonyl (C=O) groups is 1. The van der Waals surface area contributed by atoms with Gasteiger partial charge in [-0.3, -0.25) is 9.59 Å². The largest absolute Gasteiger partial charge is 0.501 e. The molecule has 0 spiro atoms. The average molecular weight is 362 g/mol. The number of aromatic nitrogens is 2. The summed E-state index contributed by atoms with van der Waals surface area (Å²) < 4.78 is 13.0. The first-order valence-electron chi connectivity index (χ1n) is 8.09. The Balaban J connectivity index is 1.84. The maximum atomic E-state index is 13.0. The number of aromatic amines is 1. The van der Waals surface area contributed by atoms with Crippen LogP contribution < -0.4 is 10.9 Å². The van der Waals surface area contributed by atoms with E-state index in [0.29, 0.717) is 18.5 Å². The van der Waals surface area contributed by atoms with Gasteiger partial charge in [0.05, 0.1) is 12.1 Å². The Morgan fingerprint density at radius 3 is 2.69 bits per heavy atom. The number of aromatic hydroxyl groups is 1. The van der Waals surface area contributed by atoms with Crippen LogP contribution >= 0.6 is 0 Å². The Kier molecular flexibility index (Phi) is 5.01. The monoisotopic (exact) mass is 362 g/mol. The van der Waals surface area contributed by atoms with Crippen LogP contribution in [0.4, 0.5) is 4.39 Å². The Morgan fingerprint density at radius 1 is 1.38 bits per heavy atom. The maximum Gasteiger partial charge on any atom is 0.293 e. The Morgan fingerprint density at radius 2 is 2.08 bits per heavy atom. The van der Waals surface area contributed by atoms with E-state index in [1.54, 1.807) is 12.1 Å². The zero-order chi connectivity index (χ0) is 18.8. The van der Waals surface area contributed by atoms with E-state index in [1.807, 2.05) is 0 Å². The number of hydrogen-bond donors (Lipinski definition) is 4. The third-order valence-electron chi connectivity index (χ3n) is 4.23. The van der Waals surface area contributed by atoms with Gasteiger partial charge >= 0.3 is 0 Å². The summed E-state index contributed by atoms with van der Waals surface area (Å²) in [6.07, 6.45) is -0.230. The molecule has 0 bridgehead atoms. The third kappa shape index (κ3) is 3.73. The SMILES string of the molecule is CN(Cc1ccc(F)cc1)C(=O)c1nc([C@@H]2C[C@@H](O)CN2)[nH]c(=O)c1O. The molecule has 1 saturated heterocycles. The molecular weight excluding hydrogens is 343 g/mol. The molecule has 1 aromatic carbocycles. The zero-order valence-corrected chi connectivity index (χ0v) is 14.1. The first-order valence-corrected chi connectivity index (χ1v) is 8.09. The van der Waals surface area contributed by atoms with Gasteiger partial charge in [0.15, 0.2) is 5.69 Å². The molecule has 26 heavy (non-hydrogen) atoms. The molecule has 3 rings (SSSR count).